The lowest BCUT2D eigenvalue weighted by Gasteiger charge is -2.36. The van der Waals surface area contributed by atoms with Crippen molar-refractivity contribution in [1.29, 1.82) is 0 Å². The lowest BCUT2D eigenvalue weighted by molar-refractivity contribution is -0.0544. The predicted molar refractivity (Wildman–Crippen MR) is 88.4 cm³/mol. The van der Waals surface area contributed by atoms with E-state index in [0.29, 0.717) is 0 Å². The molecule has 5 heteroatoms. The van der Waals surface area contributed by atoms with E-state index in [0.717, 1.165) is 56.2 Å². The quantitative estimate of drug-likeness (QED) is 0.872. The molecule has 0 amide bonds. The molecule has 1 aromatic heterocycles. The molecule has 3 heterocycles. The third kappa shape index (κ3) is 3.21. The molecule has 23 heavy (non-hydrogen) atoms. The molecule has 2 unspecified atom stereocenters. The molecular weight excluding hydrogens is 290 g/mol. The van der Waals surface area contributed by atoms with Crippen molar-refractivity contribution in [2.75, 3.05) is 31.2 Å². The fraction of sp³-hybridized carbons (Fsp3) is 0.444. The zero-order chi connectivity index (χ0) is 15.5. The maximum Gasteiger partial charge on any atom is 0.132 e. The molecular formula is C18H21N3O2. The Hall–Kier alpha value is -1.98. The normalized spacial score (nSPS) is 24.8. The van der Waals surface area contributed by atoms with E-state index in [-0.39, 0.29) is 12.2 Å². The molecule has 0 saturated carbocycles. The Labute approximate surface area is 136 Å². The van der Waals surface area contributed by atoms with Gasteiger partial charge in [0.2, 0.25) is 0 Å². The number of anilines is 1. The molecule has 2 aliphatic rings. The second-order valence-corrected chi connectivity index (χ2v) is 6.03. The molecule has 0 radical (unpaired) electrons. The summed E-state index contributed by atoms with van der Waals surface area (Å²) >= 11 is 0. The van der Waals surface area contributed by atoms with E-state index in [1.807, 2.05) is 18.2 Å². The van der Waals surface area contributed by atoms with E-state index in [9.17, 15) is 0 Å². The van der Waals surface area contributed by atoms with Crippen LogP contribution in [-0.4, -0.2) is 48.5 Å². The Morgan fingerprint density at radius 2 is 1.87 bits per heavy atom. The molecule has 120 valence electrons. The first-order valence-electron chi connectivity index (χ1n) is 8.26. The molecule has 1 aromatic carbocycles. The minimum Gasteiger partial charge on any atom is -0.375 e. The average molecular weight is 311 g/mol. The van der Waals surface area contributed by atoms with Crippen molar-refractivity contribution in [3.05, 3.63) is 42.7 Å². The first kappa shape index (κ1) is 14.6. The number of aromatic nitrogens is 2. The molecule has 2 aromatic rings. The minimum atomic E-state index is 0.140. The smallest absolute Gasteiger partial charge is 0.132 e. The highest BCUT2D eigenvalue weighted by molar-refractivity contribution is 5.62. The highest BCUT2D eigenvalue weighted by Crippen LogP contribution is 2.25. The van der Waals surface area contributed by atoms with Gasteiger partial charge >= 0.3 is 0 Å². The van der Waals surface area contributed by atoms with E-state index in [1.165, 1.54) is 0 Å². The summed E-state index contributed by atoms with van der Waals surface area (Å²) in [5.74, 6) is 0.963. The summed E-state index contributed by atoms with van der Waals surface area (Å²) in [6.07, 6.45) is 4.25. The van der Waals surface area contributed by atoms with E-state index in [1.54, 1.807) is 6.33 Å². The summed E-state index contributed by atoms with van der Waals surface area (Å²) in [7, 11) is 0. The van der Waals surface area contributed by atoms with Crippen molar-refractivity contribution in [3.63, 3.8) is 0 Å². The van der Waals surface area contributed by atoms with Crippen LogP contribution in [0.4, 0.5) is 5.82 Å². The van der Waals surface area contributed by atoms with Crippen molar-refractivity contribution in [1.82, 2.24) is 9.97 Å². The van der Waals surface area contributed by atoms with Crippen LogP contribution in [0.15, 0.2) is 42.7 Å². The molecule has 4 rings (SSSR count). The Morgan fingerprint density at radius 1 is 1.00 bits per heavy atom. The third-order valence-corrected chi connectivity index (χ3v) is 4.52. The SMILES string of the molecule is c1ccc(-c2cc(N3CCOC(C4CCCO4)C3)ncn2)cc1. The monoisotopic (exact) mass is 311 g/mol. The van der Waals surface area contributed by atoms with Gasteiger partial charge < -0.3 is 14.4 Å². The zero-order valence-electron chi connectivity index (χ0n) is 13.1. The van der Waals surface area contributed by atoms with Crippen molar-refractivity contribution in [3.8, 4) is 11.3 Å². The van der Waals surface area contributed by atoms with Crippen LogP contribution in [0.25, 0.3) is 11.3 Å². The fourth-order valence-electron chi connectivity index (χ4n) is 3.29. The zero-order valence-corrected chi connectivity index (χ0v) is 13.1. The van der Waals surface area contributed by atoms with Gasteiger partial charge in [-0.3, -0.25) is 0 Å². The van der Waals surface area contributed by atoms with Crippen LogP contribution in [0.5, 0.6) is 0 Å². The Balaban J connectivity index is 1.53. The second-order valence-electron chi connectivity index (χ2n) is 6.03. The largest absolute Gasteiger partial charge is 0.375 e. The predicted octanol–water partition coefficient (Wildman–Crippen LogP) is 2.53. The second kappa shape index (κ2) is 6.64. The van der Waals surface area contributed by atoms with Crippen molar-refractivity contribution >= 4 is 5.82 Å². The van der Waals surface area contributed by atoms with E-state index < -0.39 is 0 Å². The Bertz CT molecular complexity index is 644. The summed E-state index contributed by atoms with van der Waals surface area (Å²) in [4.78, 5) is 11.2. The van der Waals surface area contributed by atoms with Gasteiger partial charge in [0, 0.05) is 31.3 Å². The van der Waals surface area contributed by atoms with Crippen LogP contribution in [0.1, 0.15) is 12.8 Å². The molecule has 0 bridgehead atoms. The summed E-state index contributed by atoms with van der Waals surface area (Å²) in [6, 6.07) is 12.3. The van der Waals surface area contributed by atoms with Gasteiger partial charge in [-0.1, -0.05) is 30.3 Å². The van der Waals surface area contributed by atoms with E-state index in [2.05, 4.69) is 33.1 Å². The van der Waals surface area contributed by atoms with Crippen molar-refractivity contribution in [2.24, 2.45) is 0 Å². The molecule has 2 atom stereocenters. The Morgan fingerprint density at radius 3 is 2.70 bits per heavy atom. The number of hydrogen-bond donors (Lipinski definition) is 0. The van der Waals surface area contributed by atoms with Gasteiger partial charge in [0.15, 0.2) is 0 Å². The maximum absolute atomic E-state index is 5.92. The molecule has 0 aliphatic carbocycles. The van der Waals surface area contributed by atoms with Gasteiger partial charge in [-0.2, -0.15) is 0 Å². The maximum atomic E-state index is 5.92. The number of nitrogens with zero attached hydrogens (tertiary/aromatic N) is 3. The molecule has 2 saturated heterocycles. The summed E-state index contributed by atoms with van der Waals surface area (Å²) in [5, 5.41) is 0. The lowest BCUT2D eigenvalue weighted by atomic mass is 10.1. The summed E-state index contributed by atoms with van der Waals surface area (Å²) < 4.78 is 11.7. The van der Waals surface area contributed by atoms with Crippen LogP contribution < -0.4 is 4.90 Å². The van der Waals surface area contributed by atoms with Gasteiger partial charge in [0.25, 0.3) is 0 Å². The van der Waals surface area contributed by atoms with Crippen LogP contribution in [0, 0.1) is 0 Å². The molecule has 2 fully saturated rings. The number of rotatable bonds is 3. The lowest BCUT2D eigenvalue weighted by Crippen LogP contribution is -2.48. The summed E-state index contributed by atoms with van der Waals surface area (Å²) in [5.41, 5.74) is 2.07. The van der Waals surface area contributed by atoms with E-state index in [4.69, 9.17) is 9.47 Å². The number of morpholine rings is 1. The molecule has 5 nitrogen and oxygen atoms in total. The van der Waals surface area contributed by atoms with Crippen molar-refractivity contribution < 1.29 is 9.47 Å². The minimum absolute atomic E-state index is 0.140. The highest BCUT2D eigenvalue weighted by atomic mass is 16.5. The third-order valence-electron chi connectivity index (χ3n) is 4.52. The van der Waals surface area contributed by atoms with Crippen molar-refractivity contribution in [2.45, 2.75) is 25.0 Å². The van der Waals surface area contributed by atoms with Crippen LogP contribution in [0.2, 0.25) is 0 Å². The number of ether oxygens (including phenoxy) is 2. The molecule has 0 spiro atoms. The highest BCUT2D eigenvalue weighted by Gasteiger charge is 2.31. The summed E-state index contributed by atoms with van der Waals surface area (Å²) in [6.45, 7) is 3.26. The van der Waals surface area contributed by atoms with Crippen LogP contribution in [-0.2, 0) is 9.47 Å². The van der Waals surface area contributed by atoms with E-state index >= 15 is 0 Å². The standard InChI is InChI=1S/C18H21N3O2/c1-2-5-14(6-3-1)15-11-18(20-13-19-15)21-8-10-23-17(12-21)16-7-4-9-22-16/h1-3,5-6,11,13,16-17H,4,7-10,12H2. The van der Waals surface area contributed by atoms with Gasteiger partial charge in [-0.05, 0) is 12.8 Å². The fourth-order valence-corrected chi connectivity index (χ4v) is 3.29. The van der Waals surface area contributed by atoms with Crippen LogP contribution >= 0.6 is 0 Å². The number of benzene rings is 1. The average Bonchev–Trinajstić information content (AvgIpc) is 3.18. The topological polar surface area (TPSA) is 47.5 Å². The number of hydrogen-bond acceptors (Lipinski definition) is 5. The molecule has 0 N–H and O–H groups in total. The van der Waals surface area contributed by atoms with Gasteiger partial charge in [-0.25, -0.2) is 9.97 Å². The molecule has 2 aliphatic heterocycles. The van der Waals surface area contributed by atoms with Crippen LogP contribution in [0.3, 0.4) is 0 Å². The van der Waals surface area contributed by atoms with Gasteiger partial charge in [-0.15, -0.1) is 0 Å². The Kier molecular flexibility index (Phi) is 4.22. The van der Waals surface area contributed by atoms with Gasteiger partial charge in [0.05, 0.1) is 18.4 Å². The van der Waals surface area contributed by atoms with Gasteiger partial charge in [0.1, 0.15) is 18.2 Å². The first-order chi connectivity index (χ1) is 11.4. The first-order valence-corrected chi connectivity index (χ1v) is 8.26.